The molecule has 0 spiro atoms. The van der Waals surface area contributed by atoms with Crippen LogP contribution in [-0.4, -0.2) is 59.4 Å². The minimum atomic E-state index is -1.82. The SMILES string of the molecule is CC1CCN(CCC(=O)Nc2ccc3c(c2)OCO3)CC1.O=C(O)C(=O)O. The fraction of sp³-hybridized carbons (Fsp3) is 0.500. The molecule has 2 aliphatic heterocycles. The van der Waals surface area contributed by atoms with Gasteiger partial charge in [0.1, 0.15) is 0 Å². The van der Waals surface area contributed by atoms with Crippen LogP contribution in [0.15, 0.2) is 18.2 Å². The second-order valence-corrected chi connectivity index (χ2v) is 6.50. The molecule has 3 rings (SSSR count). The smallest absolute Gasteiger partial charge is 0.414 e. The van der Waals surface area contributed by atoms with Crippen LogP contribution in [0.3, 0.4) is 0 Å². The normalized spacial score (nSPS) is 16.2. The molecule has 1 aromatic carbocycles. The van der Waals surface area contributed by atoms with Crippen molar-refractivity contribution < 1.29 is 34.1 Å². The summed E-state index contributed by atoms with van der Waals surface area (Å²) in [6, 6.07) is 5.47. The molecule has 1 fully saturated rings. The first kappa shape index (κ1) is 20.5. The maximum absolute atomic E-state index is 12.0. The van der Waals surface area contributed by atoms with Crippen LogP contribution in [0.4, 0.5) is 5.69 Å². The highest BCUT2D eigenvalue weighted by Crippen LogP contribution is 2.34. The Morgan fingerprint density at radius 2 is 1.74 bits per heavy atom. The van der Waals surface area contributed by atoms with Crippen LogP contribution in [0.2, 0.25) is 0 Å². The van der Waals surface area contributed by atoms with Crippen LogP contribution >= 0.6 is 0 Å². The van der Waals surface area contributed by atoms with Crippen LogP contribution in [0.25, 0.3) is 0 Å². The topological polar surface area (TPSA) is 125 Å². The Bertz CT molecular complexity index is 672. The molecule has 1 saturated heterocycles. The van der Waals surface area contributed by atoms with Crippen molar-refractivity contribution in [3.63, 3.8) is 0 Å². The van der Waals surface area contributed by atoms with Crippen molar-refractivity contribution in [1.29, 1.82) is 0 Å². The van der Waals surface area contributed by atoms with Gasteiger partial charge in [0.25, 0.3) is 0 Å². The van der Waals surface area contributed by atoms with E-state index in [1.165, 1.54) is 12.8 Å². The summed E-state index contributed by atoms with van der Waals surface area (Å²) in [7, 11) is 0. The Balaban J connectivity index is 0.000000380. The third-order valence-electron chi connectivity index (χ3n) is 4.37. The van der Waals surface area contributed by atoms with Gasteiger partial charge >= 0.3 is 11.9 Å². The number of carboxylic acid groups (broad SMARTS) is 2. The van der Waals surface area contributed by atoms with Crippen molar-refractivity contribution in [2.45, 2.75) is 26.2 Å². The molecule has 0 unspecified atom stereocenters. The first-order chi connectivity index (χ1) is 12.8. The summed E-state index contributed by atoms with van der Waals surface area (Å²) in [6.07, 6.45) is 3.01. The zero-order chi connectivity index (χ0) is 19.8. The van der Waals surface area contributed by atoms with Crippen molar-refractivity contribution >= 4 is 23.5 Å². The molecule has 0 atom stereocenters. The summed E-state index contributed by atoms with van der Waals surface area (Å²) in [4.78, 5) is 32.6. The summed E-state index contributed by atoms with van der Waals surface area (Å²) in [5.74, 6) is -1.35. The van der Waals surface area contributed by atoms with Crippen molar-refractivity contribution in [2.75, 3.05) is 31.7 Å². The molecule has 0 radical (unpaired) electrons. The fourth-order valence-electron chi connectivity index (χ4n) is 2.74. The first-order valence-electron chi connectivity index (χ1n) is 8.73. The third-order valence-corrected chi connectivity index (χ3v) is 4.37. The van der Waals surface area contributed by atoms with Gasteiger partial charge in [0, 0.05) is 24.7 Å². The number of nitrogens with one attached hydrogen (secondary N) is 1. The van der Waals surface area contributed by atoms with Crippen molar-refractivity contribution in [2.24, 2.45) is 5.92 Å². The van der Waals surface area contributed by atoms with Gasteiger partial charge in [0.2, 0.25) is 12.7 Å². The molecular weight excluding hydrogens is 356 g/mol. The van der Waals surface area contributed by atoms with E-state index < -0.39 is 11.9 Å². The van der Waals surface area contributed by atoms with E-state index in [4.69, 9.17) is 29.3 Å². The van der Waals surface area contributed by atoms with Gasteiger partial charge in [-0.1, -0.05) is 6.92 Å². The molecule has 9 nitrogen and oxygen atoms in total. The van der Waals surface area contributed by atoms with E-state index in [0.717, 1.165) is 37.0 Å². The number of carbonyl (C=O) groups excluding carboxylic acids is 1. The maximum Gasteiger partial charge on any atom is 0.414 e. The number of likely N-dealkylation sites (tertiary alicyclic amines) is 1. The largest absolute Gasteiger partial charge is 0.473 e. The number of ether oxygens (including phenoxy) is 2. The van der Waals surface area contributed by atoms with Crippen molar-refractivity contribution in [1.82, 2.24) is 4.90 Å². The number of fused-ring (bicyclic) bond motifs is 1. The minimum Gasteiger partial charge on any atom is -0.473 e. The monoisotopic (exact) mass is 380 g/mol. The molecule has 0 aliphatic carbocycles. The Morgan fingerprint density at radius 1 is 1.11 bits per heavy atom. The standard InChI is InChI=1S/C16H22N2O3.C2H2O4/c1-12-4-7-18(8-5-12)9-6-16(19)17-13-2-3-14-15(10-13)21-11-20-14;3-1(4)2(5)6/h2-3,10,12H,4-9,11H2,1H3,(H,17,19);(H,3,4)(H,5,6). The predicted molar refractivity (Wildman–Crippen MR) is 95.9 cm³/mol. The second kappa shape index (κ2) is 9.77. The van der Waals surface area contributed by atoms with E-state index in [9.17, 15) is 4.79 Å². The highest BCUT2D eigenvalue weighted by Gasteiger charge is 2.17. The number of nitrogens with zero attached hydrogens (tertiary/aromatic N) is 1. The first-order valence-corrected chi connectivity index (χ1v) is 8.73. The van der Waals surface area contributed by atoms with Gasteiger partial charge in [-0.3, -0.25) is 4.79 Å². The molecule has 3 N–H and O–H groups in total. The quantitative estimate of drug-likeness (QED) is 0.673. The van der Waals surface area contributed by atoms with Gasteiger partial charge < -0.3 is 29.9 Å². The lowest BCUT2D eigenvalue weighted by atomic mass is 9.99. The van der Waals surface area contributed by atoms with Gasteiger partial charge in [-0.05, 0) is 44.0 Å². The Kier molecular flexibility index (Phi) is 7.42. The average molecular weight is 380 g/mol. The average Bonchev–Trinajstić information content (AvgIpc) is 3.09. The van der Waals surface area contributed by atoms with Gasteiger partial charge in [0.15, 0.2) is 11.5 Å². The van der Waals surface area contributed by atoms with Crippen LogP contribution in [-0.2, 0) is 14.4 Å². The third kappa shape index (κ3) is 6.78. The van der Waals surface area contributed by atoms with Gasteiger partial charge in [-0.2, -0.15) is 0 Å². The van der Waals surface area contributed by atoms with Crippen LogP contribution in [0.5, 0.6) is 11.5 Å². The van der Waals surface area contributed by atoms with E-state index in [2.05, 4.69) is 17.1 Å². The highest BCUT2D eigenvalue weighted by atomic mass is 16.7. The molecule has 148 valence electrons. The number of carbonyl (C=O) groups is 3. The van der Waals surface area contributed by atoms with Crippen LogP contribution < -0.4 is 14.8 Å². The number of carboxylic acids is 2. The molecule has 0 bridgehead atoms. The molecule has 1 amide bonds. The van der Waals surface area contributed by atoms with Crippen LogP contribution in [0.1, 0.15) is 26.2 Å². The molecule has 1 aromatic rings. The van der Waals surface area contributed by atoms with E-state index in [1.807, 2.05) is 18.2 Å². The van der Waals surface area contributed by atoms with E-state index in [-0.39, 0.29) is 12.7 Å². The lowest BCUT2D eigenvalue weighted by Gasteiger charge is -2.29. The molecular formula is C18H24N2O7. The van der Waals surface area contributed by atoms with Gasteiger partial charge in [-0.25, -0.2) is 9.59 Å². The summed E-state index contributed by atoms with van der Waals surface area (Å²) in [5.41, 5.74) is 0.761. The summed E-state index contributed by atoms with van der Waals surface area (Å²) in [6.45, 7) is 5.60. The highest BCUT2D eigenvalue weighted by molar-refractivity contribution is 6.27. The number of hydrogen-bond donors (Lipinski definition) is 3. The fourth-order valence-corrected chi connectivity index (χ4v) is 2.74. The molecule has 27 heavy (non-hydrogen) atoms. The number of rotatable bonds is 4. The molecule has 9 heteroatoms. The van der Waals surface area contributed by atoms with E-state index >= 15 is 0 Å². The van der Waals surface area contributed by atoms with Crippen molar-refractivity contribution in [3.8, 4) is 11.5 Å². The number of amides is 1. The zero-order valence-electron chi connectivity index (χ0n) is 15.1. The number of aliphatic carboxylic acids is 2. The Hall–Kier alpha value is -2.81. The Morgan fingerprint density at radius 3 is 2.37 bits per heavy atom. The summed E-state index contributed by atoms with van der Waals surface area (Å²) >= 11 is 0. The molecule has 0 saturated carbocycles. The lowest BCUT2D eigenvalue weighted by molar-refractivity contribution is -0.159. The lowest BCUT2D eigenvalue weighted by Crippen LogP contribution is -2.35. The Labute approximate surface area is 156 Å². The maximum atomic E-state index is 12.0. The van der Waals surface area contributed by atoms with E-state index in [1.54, 1.807) is 0 Å². The van der Waals surface area contributed by atoms with Crippen molar-refractivity contribution in [3.05, 3.63) is 18.2 Å². The minimum absolute atomic E-state index is 0.0486. The number of benzene rings is 1. The second-order valence-electron chi connectivity index (χ2n) is 6.50. The molecule has 0 aromatic heterocycles. The summed E-state index contributed by atoms with van der Waals surface area (Å²) < 4.78 is 10.6. The predicted octanol–water partition coefficient (Wildman–Crippen LogP) is 1.63. The van der Waals surface area contributed by atoms with E-state index in [0.29, 0.717) is 12.2 Å². The number of anilines is 1. The van der Waals surface area contributed by atoms with Crippen LogP contribution in [0, 0.1) is 5.92 Å². The number of hydrogen-bond acceptors (Lipinski definition) is 6. The zero-order valence-corrected chi connectivity index (χ0v) is 15.1. The summed E-state index contributed by atoms with van der Waals surface area (Å²) in [5, 5.41) is 17.7. The molecule has 2 aliphatic rings. The van der Waals surface area contributed by atoms with Gasteiger partial charge in [-0.15, -0.1) is 0 Å². The molecule has 2 heterocycles. The number of piperidine rings is 1. The van der Waals surface area contributed by atoms with Gasteiger partial charge in [0.05, 0.1) is 0 Å².